The van der Waals surface area contributed by atoms with Gasteiger partial charge in [-0.05, 0) is 45.6 Å². The third-order valence-electron chi connectivity index (χ3n) is 7.63. The minimum absolute atomic E-state index is 0.0274. The van der Waals surface area contributed by atoms with Crippen LogP contribution < -0.4 is 4.90 Å². The number of hydrogen-bond donors (Lipinski definition) is 0. The number of aromatic nitrogens is 4. The summed E-state index contributed by atoms with van der Waals surface area (Å²) >= 11 is 0. The summed E-state index contributed by atoms with van der Waals surface area (Å²) in [5.41, 5.74) is 2.48. The summed E-state index contributed by atoms with van der Waals surface area (Å²) in [6.45, 7) is 10.1. The highest BCUT2D eigenvalue weighted by molar-refractivity contribution is 5.79. The molecule has 212 valence electrons. The Morgan fingerprint density at radius 2 is 1.79 bits per heavy atom. The van der Waals surface area contributed by atoms with E-state index < -0.39 is 17.6 Å². The molecule has 0 bridgehead atoms. The predicted octanol–water partition coefficient (Wildman–Crippen LogP) is 3.49. The Kier molecular flexibility index (Phi) is 6.96. The van der Waals surface area contributed by atoms with Crippen LogP contribution in [0.15, 0.2) is 12.3 Å². The second kappa shape index (κ2) is 9.98. The molecule has 3 aliphatic heterocycles. The molecule has 2 aromatic rings. The van der Waals surface area contributed by atoms with E-state index in [9.17, 15) is 22.8 Å². The Morgan fingerprint density at radius 1 is 1.03 bits per heavy atom. The van der Waals surface area contributed by atoms with Crippen molar-refractivity contribution in [3.05, 3.63) is 35.2 Å². The van der Waals surface area contributed by atoms with Gasteiger partial charge in [0.05, 0.1) is 18.8 Å². The van der Waals surface area contributed by atoms with Gasteiger partial charge in [0, 0.05) is 56.1 Å². The zero-order valence-corrected chi connectivity index (χ0v) is 22.7. The highest BCUT2D eigenvalue weighted by Crippen LogP contribution is 2.35. The van der Waals surface area contributed by atoms with Crippen molar-refractivity contribution in [2.24, 2.45) is 11.8 Å². The molecule has 13 heteroatoms. The predicted molar refractivity (Wildman–Crippen MR) is 135 cm³/mol. The SMILES string of the molecule is C[C@@H]1CN(c2ccnc3c2CCN(C(=O)OC(C)(C)C)C3)CC[C@@H]1C(=O)N1CCn2c(nnc2C(F)(F)F)C1. The van der Waals surface area contributed by atoms with Crippen molar-refractivity contribution in [3.8, 4) is 0 Å². The van der Waals surface area contributed by atoms with E-state index in [4.69, 9.17) is 4.74 Å². The zero-order valence-electron chi connectivity index (χ0n) is 22.7. The molecule has 2 atom stereocenters. The van der Waals surface area contributed by atoms with Gasteiger partial charge in [-0.15, -0.1) is 10.2 Å². The maximum absolute atomic E-state index is 13.4. The minimum Gasteiger partial charge on any atom is -0.444 e. The van der Waals surface area contributed by atoms with Crippen molar-refractivity contribution in [1.29, 1.82) is 0 Å². The fourth-order valence-corrected chi connectivity index (χ4v) is 5.74. The number of alkyl halides is 3. The van der Waals surface area contributed by atoms with Gasteiger partial charge in [0.2, 0.25) is 11.7 Å². The molecular formula is C26H34F3N7O3. The third kappa shape index (κ3) is 5.53. The standard InChI is InChI=1S/C26H34F3N7O3/c1-16-13-33(20-5-8-30-19-14-35(10-7-18(19)20)24(38)39-25(2,3)4)9-6-17(16)22(37)34-11-12-36-21(15-34)31-32-23(36)26(27,28)29/h5,8,16-17H,6-7,9-15H2,1-4H3/t16-,17+/m1/s1. The van der Waals surface area contributed by atoms with E-state index in [1.807, 2.05) is 33.8 Å². The number of amides is 2. The van der Waals surface area contributed by atoms with Crippen molar-refractivity contribution >= 4 is 17.7 Å². The van der Waals surface area contributed by atoms with Crippen molar-refractivity contribution in [2.75, 3.05) is 31.1 Å². The van der Waals surface area contributed by atoms with E-state index in [1.165, 1.54) is 0 Å². The summed E-state index contributed by atoms with van der Waals surface area (Å²) in [6.07, 6.45) is -1.86. The van der Waals surface area contributed by atoms with E-state index >= 15 is 0 Å². The number of piperidine rings is 1. The summed E-state index contributed by atoms with van der Waals surface area (Å²) in [7, 11) is 0. The molecule has 1 saturated heterocycles. The molecule has 0 N–H and O–H groups in total. The summed E-state index contributed by atoms with van der Waals surface area (Å²) < 4.78 is 46.1. The van der Waals surface area contributed by atoms with Crippen LogP contribution in [-0.4, -0.2) is 73.3 Å². The van der Waals surface area contributed by atoms with E-state index in [0.717, 1.165) is 21.5 Å². The summed E-state index contributed by atoms with van der Waals surface area (Å²) in [6, 6.07) is 1.99. The Labute approximate surface area is 225 Å². The van der Waals surface area contributed by atoms with E-state index in [2.05, 4.69) is 20.1 Å². The van der Waals surface area contributed by atoms with E-state index in [1.54, 1.807) is 16.0 Å². The van der Waals surface area contributed by atoms with Crippen molar-refractivity contribution in [2.45, 2.75) is 71.9 Å². The smallest absolute Gasteiger partial charge is 0.444 e. The van der Waals surface area contributed by atoms with Gasteiger partial charge in [0.25, 0.3) is 0 Å². The van der Waals surface area contributed by atoms with E-state index in [0.29, 0.717) is 39.0 Å². The van der Waals surface area contributed by atoms with Crippen molar-refractivity contribution in [3.63, 3.8) is 0 Å². The molecule has 39 heavy (non-hydrogen) atoms. The maximum atomic E-state index is 13.4. The number of rotatable bonds is 2. The second-order valence-electron chi connectivity index (χ2n) is 11.6. The number of halogens is 3. The number of pyridine rings is 1. The first-order valence-electron chi connectivity index (χ1n) is 13.3. The van der Waals surface area contributed by atoms with Crippen LogP contribution in [0.5, 0.6) is 0 Å². The molecule has 0 spiro atoms. The highest BCUT2D eigenvalue weighted by Gasteiger charge is 2.41. The van der Waals surface area contributed by atoms with Gasteiger partial charge in [-0.25, -0.2) is 4.79 Å². The average Bonchev–Trinajstić information content (AvgIpc) is 3.30. The quantitative estimate of drug-likeness (QED) is 0.566. The molecule has 3 aliphatic rings. The Hall–Kier alpha value is -3.38. The first-order valence-corrected chi connectivity index (χ1v) is 13.3. The number of fused-ring (bicyclic) bond motifs is 2. The number of carbonyl (C=O) groups excluding carboxylic acids is 2. The molecule has 0 radical (unpaired) electrons. The van der Waals surface area contributed by atoms with Crippen LogP contribution in [0.4, 0.5) is 23.7 Å². The van der Waals surface area contributed by atoms with Crippen LogP contribution in [0.1, 0.15) is 57.0 Å². The van der Waals surface area contributed by atoms with Crippen LogP contribution in [0, 0.1) is 11.8 Å². The Balaban J connectivity index is 1.23. The van der Waals surface area contributed by atoms with Crippen molar-refractivity contribution < 1.29 is 27.5 Å². The lowest BCUT2D eigenvalue weighted by Crippen LogP contribution is -2.49. The molecule has 2 amide bonds. The molecule has 2 aromatic heterocycles. The number of nitrogens with zero attached hydrogens (tertiary/aromatic N) is 7. The molecule has 0 unspecified atom stereocenters. The molecular weight excluding hydrogens is 515 g/mol. The van der Waals surface area contributed by atoms with Gasteiger partial charge in [-0.3, -0.25) is 9.78 Å². The fraction of sp³-hybridized carbons (Fsp3) is 0.654. The molecule has 5 heterocycles. The number of hydrogen-bond acceptors (Lipinski definition) is 7. The summed E-state index contributed by atoms with van der Waals surface area (Å²) in [5, 5.41) is 7.01. The lowest BCUT2D eigenvalue weighted by atomic mass is 9.85. The van der Waals surface area contributed by atoms with Crippen LogP contribution in [0.25, 0.3) is 0 Å². The molecule has 0 saturated carbocycles. The zero-order chi connectivity index (χ0) is 28.1. The van der Waals surface area contributed by atoms with Crippen LogP contribution in [0.3, 0.4) is 0 Å². The van der Waals surface area contributed by atoms with Crippen LogP contribution in [0.2, 0.25) is 0 Å². The summed E-state index contributed by atoms with van der Waals surface area (Å²) in [5.74, 6) is -1.08. The largest absolute Gasteiger partial charge is 0.451 e. The van der Waals surface area contributed by atoms with Gasteiger partial charge in [0.1, 0.15) is 5.60 Å². The van der Waals surface area contributed by atoms with Crippen molar-refractivity contribution in [1.82, 2.24) is 29.5 Å². The normalized spacial score (nSPS) is 21.9. The second-order valence-corrected chi connectivity index (χ2v) is 11.6. The molecule has 0 aromatic carbocycles. The van der Waals surface area contributed by atoms with Gasteiger partial charge < -0.3 is 24.0 Å². The van der Waals surface area contributed by atoms with Gasteiger partial charge in [-0.1, -0.05) is 6.92 Å². The highest BCUT2D eigenvalue weighted by atomic mass is 19.4. The minimum atomic E-state index is -4.57. The topological polar surface area (TPSA) is 96.7 Å². The third-order valence-corrected chi connectivity index (χ3v) is 7.63. The molecule has 0 aliphatic carbocycles. The Bertz CT molecular complexity index is 1260. The average molecular weight is 550 g/mol. The fourth-order valence-electron chi connectivity index (χ4n) is 5.74. The monoisotopic (exact) mass is 549 g/mol. The Morgan fingerprint density at radius 3 is 2.49 bits per heavy atom. The lowest BCUT2D eigenvalue weighted by Gasteiger charge is -2.41. The maximum Gasteiger partial charge on any atom is 0.451 e. The number of carbonyl (C=O) groups is 2. The molecule has 1 fully saturated rings. The van der Waals surface area contributed by atoms with Gasteiger partial charge in [0.15, 0.2) is 5.82 Å². The van der Waals surface area contributed by atoms with E-state index in [-0.39, 0.29) is 49.3 Å². The lowest BCUT2D eigenvalue weighted by molar-refractivity contribution is -0.148. The van der Waals surface area contributed by atoms with Gasteiger partial charge in [-0.2, -0.15) is 13.2 Å². The summed E-state index contributed by atoms with van der Waals surface area (Å²) in [4.78, 5) is 36.1. The first-order chi connectivity index (χ1) is 18.3. The number of ether oxygens (including phenoxy) is 1. The van der Waals surface area contributed by atoms with Gasteiger partial charge >= 0.3 is 12.3 Å². The van der Waals surface area contributed by atoms with Crippen LogP contribution in [-0.2, 0) is 41.8 Å². The number of anilines is 1. The molecule has 5 rings (SSSR count). The van der Waals surface area contributed by atoms with Crippen LogP contribution >= 0.6 is 0 Å². The molecule has 10 nitrogen and oxygen atoms in total. The first kappa shape index (κ1) is 27.2.